The summed E-state index contributed by atoms with van der Waals surface area (Å²) in [6.45, 7) is -0.981. The molecule has 0 aliphatic carbocycles. The Morgan fingerprint density at radius 3 is 2.29 bits per heavy atom. The van der Waals surface area contributed by atoms with Gasteiger partial charge in [-0.15, -0.1) is 13.2 Å². The van der Waals surface area contributed by atoms with E-state index in [1.54, 1.807) is 0 Å². The van der Waals surface area contributed by atoms with Gasteiger partial charge in [0.05, 0.1) is 19.8 Å². The van der Waals surface area contributed by atoms with Crippen LogP contribution in [0, 0.1) is 17.5 Å². The molecule has 0 radical (unpaired) electrons. The molecule has 0 saturated carbocycles. The van der Waals surface area contributed by atoms with Crippen molar-refractivity contribution in [1.82, 2.24) is 10.3 Å². The van der Waals surface area contributed by atoms with Crippen LogP contribution in [0.15, 0.2) is 48.5 Å². The number of halogens is 6. The zero-order valence-electron chi connectivity index (χ0n) is 23.3. The van der Waals surface area contributed by atoms with Crippen molar-refractivity contribution in [2.75, 3.05) is 30.1 Å². The van der Waals surface area contributed by atoms with Crippen LogP contribution in [0.2, 0.25) is 0 Å². The van der Waals surface area contributed by atoms with Crippen molar-refractivity contribution in [2.45, 2.75) is 37.2 Å². The third-order valence-corrected chi connectivity index (χ3v) is 7.46. The molecule has 238 valence electrons. The fourth-order valence-corrected chi connectivity index (χ4v) is 5.38. The van der Waals surface area contributed by atoms with Crippen molar-refractivity contribution >= 4 is 29.4 Å². The molecule has 1 aromatic heterocycles. The predicted molar refractivity (Wildman–Crippen MR) is 144 cm³/mol. The zero-order chi connectivity index (χ0) is 32.6. The lowest BCUT2D eigenvalue weighted by Crippen LogP contribution is -2.44. The largest absolute Gasteiger partial charge is 0.573 e. The average molecular weight is 639 g/mol. The highest BCUT2D eigenvalue weighted by Crippen LogP contribution is 2.38. The smallest absolute Gasteiger partial charge is 0.497 e. The summed E-state index contributed by atoms with van der Waals surface area (Å²) in [5.41, 5.74) is -0.850. The van der Waals surface area contributed by atoms with E-state index in [-0.39, 0.29) is 23.6 Å². The molecule has 3 atom stereocenters. The van der Waals surface area contributed by atoms with E-state index in [1.807, 2.05) is 0 Å². The molecule has 3 heterocycles. The highest BCUT2D eigenvalue weighted by Gasteiger charge is 2.47. The van der Waals surface area contributed by atoms with Gasteiger partial charge in [0.15, 0.2) is 11.6 Å². The molecular formula is C29H24F6N4O6. The molecule has 2 fully saturated rings. The molecule has 3 aromatic rings. The third kappa shape index (κ3) is 6.36. The van der Waals surface area contributed by atoms with E-state index in [0.717, 1.165) is 52.3 Å². The first kappa shape index (κ1) is 31.6. The van der Waals surface area contributed by atoms with Gasteiger partial charge >= 0.3 is 6.36 Å². The molecule has 2 aliphatic heterocycles. The van der Waals surface area contributed by atoms with Crippen molar-refractivity contribution < 1.29 is 55.3 Å². The number of carbonyl (C=O) groups is 3. The molecule has 0 spiro atoms. The number of hydrogen-bond donors (Lipinski definition) is 2. The number of hydrogen-bond acceptors (Lipinski definition) is 7. The van der Waals surface area contributed by atoms with Crippen LogP contribution in [0.5, 0.6) is 11.5 Å². The van der Waals surface area contributed by atoms with Crippen LogP contribution in [-0.4, -0.2) is 66.5 Å². The zero-order valence-corrected chi connectivity index (χ0v) is 23.3. The Morgan fingerprint density at radius 1 is 1.02 bits per heavy atom. The number of aliphatic hydroxyl groups is 1. The predicted octanol–water partition coefficient (Wildman–Crippen LogP) is 3.82. The summed E-state index contributed by atoms with van der Waals surface area (Å²) in [5.74, 6) is -8.63. The number of methoxy groups -OCH3 is 1. The Labute approximate surface area is 251 Å². The summed E-state index contributed by atoms with van der Waals surface area (Å²) in [5, 5.41) is 12.0. The van der Waals surface area contributed by atoms with Crippen LogP contribution in [0.4, 0.5) is 38.0 Å². The average Bonchev–Trinajstić information content (AvgIpc) is 3.51. The summed E-state index contributed by atoms with van der Waals surface area (Å²) in [6, 6.07) is 5.15. The molecule has 2 saturated heterocycles. The second kappa shape index (κ2) is 12.3. The number of aliphatic hydroxyl groups excluding tert-OH is 1. The standard InChI is InChI=1S/C29H24F6N4O6/c1-44-17-10-20(31)24(21(32)11-17)18-12-38(26-19(30)7-8-22(36-26)39-15(13-40)4-9-23(39)41)28(43)25(18)37-27(42)14-2-5-16(6-3-14)45-29(33,34)35/h2-3,5-8,10-11,15,18,25,40H,4,9,12-13H2,1H3,(H,37,42)/t15-,18-,25-/m0/s1. The van der Waals surface area contributed by atoms with Gasteiger partial charge in [-0.2, -0.15) is 0 Å². The maximum absolute atomic E-state index is 15.3. The molecule has 45 heavy (non-hydrogen) atoms. The molecule has 2 aromatic carbocycles. The van der Waals surface area contributed by atoms with Gasteiger partial charge in [-0.05, 0) is 42.8 Å². The molecule has 2 N–H and O–H groups in total. The maximum Gasteiger partial charge on any atom is 0.573 e. The van der Waals surface area contributed by atoms with Gasteiger partial charge in [0.1, 0.15) is 35.0 Å². The maximum atomic E-state index is 15.3. The van der Waals surface area contributed by atoms with Crippen molar-refractivity contribution in [3.05, 3.63) is 77.1 Å². The van der Waals surface area contributed by atoms with E-state index in [2.05, 4.69) is 15.0 Å². The van der Waals surface area contributed by atoms with Crippen LogP contribution in [0.1, 0.15) is 34.7 Å². The van der Waals surface area contributed by atoms with E-state index >= 15 is 13.2 Å². The number of alkyl halides is 3. The summed E-state index contributed by atoms with van der Waals surface area (Å²) < 4.78 is 92.0. The van der Waals surface area contributed by atoms with Gasteiger partial charge in [-0.25, -0.2) is 18.2 Å². The molecule has 0 unspecified atom stereocenters. The Bertz CT molecular complexity index is 1610. The summed E-state index contributed by atoms with van der Waals surface area (Å²) >= 11 is 0. The van der Waals surface area contributed by atoms with E-state index in [9.17, 15) is 32.7 Å². The van der Waals surface area contributed by atoms with Crippen LogP contribution < -0.4 is 24.6 Å². The minimum Gasteiger partial charge on any atom is -0.497 e. The first-order valence-corrected chi connectivity index (χ1v) is 13.4. The van der Waals surface area contributed by atoms with Gasteiger partial charge in [0.2, 0.25) is 5.91 Å². The lowest BCUT2D eigenvalue weighted by molar-refractivity contribution is -0.274. The van der Waals surface area contributed by atoms with E-state index in [0.29, 0.717) is 6.42 Å². The summed E-state index contributed by atoms with van der Waals surface area (Å²) in [4.78, 5) is 45.4. The van der Waals surface area contributed by atoms with Gasteiger partial charge in [-0.1, -0.05) is 0 Å². The van der Waals surface area contributed by atoms with Crippen LogP contribution in [-0.2, 0) is 9.59 Å². The van der Waals surface area contributed by atoms with Crippen molar-refractivity contribution in [3.8, 4) is 11.5 Å². The number of nitrogens with one attached hydrogen (secondary N) is 1. The van der Waals surface area contributed by atoms with E-state index < -0.39 is 89.8 Å². The minimum absolute atomic E-state index is 0.0761. The Kier molecular flexibility index (Phi) is 8.60. The molecule has 2 aliphatic rings. The highest BCUT2D eigenvalue weighted by molar-refractivity contribution is 6.05. The topological polar surface area (TPSA) is 121 Å². The quantitative estimate of drug-likeness (QED) is 0.360. The monoisotopic (exact) mass is 638 g/mol. The number of ether oxygens (including phenoxy) is 2. The van der Waals surface area contributed by atoms with Crippen LogP contribution in [0.3, 0.4) is 0 Å². The number of benzene rings is 2. The Morgan fingerprint density at radius 2 is 1.69 bits per heavy atom. The van der Waals surface area contributed by atoms with Crippen LogP contribution >= 0.6 is 0 Å². The molecule has 16 heteroatoms. The third-order valence-electron chi connectivity index (χ3n) is 7.46. The molecular weight excluding hydrogens is 614 g/mol. The lowest BCUT2D eigenvalue weighted by Gasteiger charge is -2.24. The highest BCUT2D eigenvalue weighted by atomic mass is 19.4. The second-order valence-electron chi connectivity index (χ2n) is 10.2. The van der Waals surface area contributed by atoms with E-state index in [4.69, 9.17) is 4.74 Å². The number of amides is 3. The fraction of sp³-hybridized carbons (Fsp3) is 0.310. The first-order valence-electron chi connectivity index (χ1n) is 13.4. The molecule has 0 bridgehead atoms. The summed E-state index contributed by atoms with van der Waals surface area (Å²) in [6.07, 6.45) is -4.58. The fourth-order valence-electron chi connectivity index (χ4n) is 5.38. The second-order valence-corrected chi connectivity index (χ2v) is 10.2. The van der Waals surface area contributed by atoms with Crippen molar-refractivity contribution in [1.29, 1.82) is 0 Å². The molecule has 3 amide bonds. The van der Waals surface area contributed by atoms with Crippen LogP contribution in [0.25, 0.3) is 0 Å². The first-order chi connectivity index (χ1) is 21.3. The van der Waals surface area contributed by atoms with E-state index in [1.165, 1.54) is 13.2 Å². The Balaban J connectivity index is 1.51. The Hall–Kier alpha value is -4.86. The molecule has 10 nitrogen and oxygen atoms in total. The minimum atomic E-state index is -4.98. The number of pyridine rings is 1. The number of anilines is 2. The SMILES string of the molecule is COc1cc(F)c([C@@H]2CN(c3nc(N4C(=O)CC[C@H]4CO)ccc3F)C(=O)[C@H]2NC(=O)c2ccc(OC(F)(F)F)cc2)c(F)c1. The number of nitrogens with zero attached hydrogens (tertiary/aromatic N) is 3. The number of aromatic nitrogens is 1. The number of carbonyl (C=O) groups excluding carboxylic acids is 3. The van der Waals surface area contributed by atoms with Gasteiger partial charge < -0.3 is 19.9 Å². The van der Waals surface area contributed by atoms with Gasteiger partial charge in [0, 0.05) is 42.1 Å². The normalized spacial score (nSPS) is 20.1. The summed E-state index contributed by atoms with van der Waals surface area (Å²) in [7, 11) is 1.18. The van der Waals surface area contributed by atoms with Crippen molar-refractivity contribution in [3.63, 3.8) is 0 Å². The lowest BCUT2D eigenvalue weighted by atomic mass is 9.92. The van der Waals surface area contributed by atoms with Gasteiger partial charge in [-0.3, -0.25) is 24.2 Å². The van der Waals surface area contributed by atoms with Gasteiger partial charge in [0.25, 0.3) is 11.8 Å². The number of rotatable bonds is 8. The molecule has 5 rings (SSSR count). The van der Waals surface area contributed by atoms with Crippen molar-refractivity contribution in [2.24, 2.45) is 0 Å².